The minimum atomic E-state index is -0.0479. The molecule has 20 heavy (non-hydrogen) atoms. The second-order valence-corrected chi connectivity index (χ2v) is 5.29. The van der Waals surface area contributed by atoms with Crippen molar-refractivity contribution in [1.29, 1.82) is 0 Å². The number of carbonyl (C=O) groups excluding carboxylic acids is 1. The molecule has 3 aromatic rings. The molecule has 0 bridgehead atoms. The van der Waals surface area contributed by atoms with Crippen LogP contribution in [0.25, 0.3) is 21.7 Å². The van der Waals surface area contributed by atoms with Gasteiger partial charge in [-0.05, 0) is 12.1 Å². The third-order valence-electron chi connectivity index (χ3n) is 3.57. The minimum Gasteiger partial charge on any atom is -0.398 e. The van der Waals surface area contributed by atoms with Crippen molar-refractivity contribution in [2.75, 3.05) is 5.73 Å². The normalized spacial score (nSPS) is 11.3. The van der Waals surface area contributed by atoms with E-state index in [1.807, 2.05) is 44.2 Å². The summed E-state index contributed by atoms with van der Waals surface area (Å²) in [6.07, 6.45) is 1.70. The average molecular weight is 264 g/mol. The van der Waals surface area contributed by atoms with Crippen LogP contribution in [-0.4, -0.2) is 10.8 Å². The predicted molar refractivity (Wildman–Crippen MR) is 82.8 cm³/mol. The molecular formula is C17H16N2O. The molecule has 0 saturated carbocycles. The minimum absolute atomic E-state index is 0.0479. The van der Waals surface area contributed by atoms with E-state index >= 15 is 0 Å². The highest BCUT2D eigenvalue weighted by Gasteiger charge is 2.16. The smallest absolute Gasteiger partial charge is 0.166 e. The number of benzene rings is 2. The zero-order chi connectivity index (χ0) is 14.3. The van der Waals surface area contributed by atoms with E-state index in [0.717, 1.165) is 21.7 Å². The standard InChI is InChI=1S/C17H16N2O/c1-10(2)17(20)13-7-8-19-16-12-6-4-3-5-11(12)15(18)9-14(13)16/h3-10H,18H2,1-2H3. The number of ketones is 1. The number of aromatic nitrogens is 1. The van der Waals surface area contributed by atoms with E-state index in [9.17, 15) is 4.79 Å². The first-order valence-electron chi connectivity index (χ1n) is 6.69. The van der Waals surface area contributed by atoms with Gasteiger partial charge < -0.3 is 5.73 Å². The second kappa shape index (κ2) is 4.60. The summed E-state index contributed by atoms with van der Waals surface area (Å²) in [5, 5.41) is 2.80. The maximum absolute atomic E-state index is 12.3. The molecule has 0 aliphatic heterocycles. The lowest BCUT2D eigenvalue weighted by Crippen LogP contribution is -2.08. The SMILES string of the molecule is CC(C)C(=O)c1ccnc2c1cc(N)c1ccccc12. The summed E-state index contributed by atoms with van der Waals surface area (Å²) in [5.41, 5.74) is 8.34. The lowest BCUT2D eigenvalue weighted by molar-refractivity contribution is 0.0941. The Morgan fingerprint density at radius 1 is 1.10 bits per heavy atom. The van der Waals surface area contributed by atoms with E-state index in [4.69, 9.17) is 5.73 Å². The highest BCUT2D eigenvalue weighted by molar-refractivity contribution is 6.17. The first-order valence-corrected chi connectivity index (χ1v) is 6.69. The van der Waals surface area contributed by atoms with Crippen LogP contribution in [0.5, 0.6) is 0 Å². The summed E-state index contributed by atoms with van der Waals surface area (Å²) < 4.78 is 0. The van der Waals surface area contributed by atoms with Crippen LogP contribution >= 0.6 is 0 Å². The van der Waals surface area contributed by atoms with E-state index in [-0.39, 0.29) is 11.7 Å². The number of fused-ring (bicyclic) bond motifs is 3. The number of nitrogens with zero attached hydrogens (tertiary/aromatic N) is 1. The first kappa shape index (κ1) is 12.6. The molecule has 1 heterocycles. The second-order valence-electron chi connectivity index (χ2n) is 5.29. The lowest BCUT2D eigenvalue weighted by atomic mass is 9.95. The summed E-state index contributed by atoms with van der Waals surface area (Å²) >= 11 is 0. The van der Waals surface area contributed by atoms with Crippen LogP contribution in [0.4, 0.5) is 5.69 Å². The van der Waals surface area contributed by atoms with Crippen molar-refractivity contribution in [3.05, 3.63) is 48.2 Å². The van der Waals surface area contributed by atoms with Crippen molar-refractivity contribution in [1.82, 2.24) is 4.98 Å². The first-order chi connectivity index (χ1) is 9.59. The molecule has 2 N–H and O–H groups in total. The van der Waals surface area contributed by atoms with Gasteiger partial charge in [0.25, 0.3) is 0 Å². The van der Waals surface area contributed by atoms with Gasteiger partial charge in [0.05, 0.1) is 5.52 Å². The van der Waals surface area contributed by atoms with Crippen molar-refractivity contribution in [3.63, 3.8) is 0 Å². The van der Waals surface area contributed by atoms with Gasteiger partial charge in [-0.1, -0.05) is 38.1 Å². The number of pyridine rings is 1. The van der Waals surface area contributed by atoms with Crippen LogP contribution in [0.1, 0.15) is 24.2 Å². The van der Waals surface area contributed by atoms with Crippen molar-refractivity contribution in [3.8, 4) is 0 Å². The maximum atomic E-state index is 12.3. The van der Waals surface area contributed by atoms with Crippen LogP contribution < -0.4 is 5.73 Å². The van der Waals surface area contributed by atoms with Crippen molar-refractivity contribution in [2.45, 2.75) is 13.8 Å². The molecular weight excluding hydrogens is 248 g/mol. The molecule has 1 aromatic heterocycles. The number of nitrogen functional groups attached to an aromatic ring is 1. The van der Waals surface area contributed by atoms with E-state index in [1.54, 1.807) is 12.3 Å². The van der Waals surface area contributed by atoms with Crippen LogP contribution in [0.2, 0.25) is 0 Å². The van der Waals surface area contributed by atoms with Crippen molar-refractivity contribution >= 4 is 33.1 Å². The van der Waals surface area contributed by atoms with Crippen LogP contribution in [0.15, 0.2) is 42.6 Å². The Balaban J connectivity index is 2.44. The van der Waals surface area contributed by atoms with Gasteiger partial charge in [-0.3, -0.25) is 9.78 Å². The molecule has 0 spiro atoms. The Morgan fingerprint density at radius 3 is 2.50 bits per heavy atom. The largest absolute Gasteiger partial charge is 0.398 e. The Bertz CT molecular complexity index is 822. The number of nitrogens with two attached hydrogens (primary N) is 1. The summed E-state index contributed by atoms with van der Waals surface area (Å²) in [7, 11) is 0. The fraction of sp³-hybridized carbons (Fsp3) is 0.176. The van der Waals surface area contributed by atoms with E-state index in [1.165, 1.54) is 0 Å². The van der Waals surface area contributed by atoms with Gasteiger partial charge in [-0.2, -0.15) is 0 Å². The number of rotatable bonds is 2. The molecule has 0 aliphatic rings. The predicted octanol–water partition coefficient (Wildman–Crippen LogP) is 3.81. The lowest BCUT2D eigenvalue weighted by Gasteiger charge is -2.11. The van der Waals surface area contributed by atoms with Crippen LogP contribution in [-0.2, 0) is 0 Å². The molecule has 3 rings (SSSR count). The third kappa shape index (κ3) is 1.83. The monoisotopic (exact) mass is 264 g/mol. The summed E-state index contributed by atoms with van der Waals surface area (Å²) in [6.45, 7) is 3.80. The maximum Gasteiger partial charge on any atom is 0.166 e. The topological polar surface area (TPSA) is 56.0 Å². The fourth-order valence-electron chi connectivity index (χ4n) is 2.53. The molecule has 0 atom stereocenters. The third-order valence-corrected chi connectivity index (χ3v) is 3.57. The van der Waals surface area contributed by atoms with E-state index < -0.39 is 0 Å². The fourth-order valence-corrected chi connectivity index (χ4v) is 2.53. The molecule has 0 amide bonds. The quantitative estimate of drug-likeness (QED) is 0.435. The molecule has 0 unspecified atom stereocenters. The Morgan fingerprint density at radius 2 is 1.80 bits per heavy atom. The van der Waals surface area contributed by atoms with Crippen LogP contribution in [0, 0.1) is 5.92 Å². The number of anilines is 1. The van der Waals surface area contributed by atoms with Gasteiger partial charge in [0, 0.05) is 39.5 Å². The molecule has 0 radical (unpaired) electrons. The number of carbonyl (C=O) groups is 1. The van der Waals surface area contributed by atoms with Crippen molar-refractivity contribution < 1.29 is 4.79 Å². The van der Waals surface area contributed by atoms with E-state index in [0.29, 0.717) is 11.3 Å². The Hall–Kier alpha value is -2.42. The van der Waals surface area contributed by atoms with Gasteiger partial charge in [0.2, 0.25) is 0 Å². The molecule has 2 aromatic carbocycles. The Labute approximate surface area is 117 Å². The van der Waals surface area contributed by atoms with E-state index in [2.05, 4.69) is 4.98 Å². The average Bonchev–Trinajstić information content (AvgIpc) is 2.46. The number of Topliss-reactive ketones (excluding diaryl/α,β-unsaturated/α-hetero) is 1. The number of hydrogen-bond acceptors (Lipinski definition) is 3. The van der Waals surface area contributed by atoms with Gasteiger partial charge in [-0.25, -0.2) is 0 Å². The summed E-state index contributed by atoms with van der Waals surface area (Å²) in [4.78, 5) is 16.8. The molecule has 100 valence electrons. The van der Waals surface area contributed by atoms with Crippen molar-refractivity contribution in [2.24, 2.45) is 5.92 Å². The highest BCUT2D eigenvalue weighted by atomic mass is 16.1. The summed E-state index contributed by atoms with van der Waals surface area (Å²) in [5.74, 6) is 0.0698. The zero-order valence-corrected chi connectivity index (χ0v) is 11.6. The van der Waals surface area contributed by atoms with Gasteiger partial charge in [0.15, 0.2) is 5.78 Å². The highest BCUT2D eigenvalue weighted by Crippen LogP contribution is 2.31. The summed E-state index contributed by atoms with van der Waals surface area (Å²) in [6, 6.07) is 11.5. The molecule has 3 nitrogen and oxygen atoms in total. The van der Waals surface area contributed by atoms with Gasteiger partial charge in [0.1, 0.15) is 0 Å². The number of hydrogen-bond donors (Lipinski definition) is 1. The zero-order valence-electron chi connectivity index (χ0n) is 11.6. The Kier molecular flexibility index (Phi) is 2.90. The van der Waals surface area contributed by atoms with Crippen LogP contribution in [0.3, 0.4) is 0 Å². The van der Waals surface area contributed by atoms with Gasteiger partial charge in [-0.15, -0.1) is 0 Å². The molecule has 0 fully saturated rings. The molecule has 3 heteroatoms. The van der Waals surface area contributed by atoms with Gasteiger partial charge >= 0.3 is 0 Å². The molecule has 0 saturated heterocycles. The molecule has 0 aliphatic carbocycles.